The number of anilines is 1. The van der Waals surface area contributed by atoms with E-state index in [1.165, 1.54) is 0 Å². The first-order chi connectivity index (χ1) is 10.1. The molecule has 0 amide bonds. The third kappa shape index (κ3) is 2.19. The average molecular weight is 281 g/mol. The van der Waals surface area contributed by atoms with E-state index >= 15 is 0 Å². The highest BCUT2D eigenvalue weighted by molar-refractivity contribution is 6.05. The second-order valence-electron chi connectivity index (χ2n) is 5.47. The topological polar surface area (TPSA) is 38.3 Å². The molecule has 0 aliphatic carbocycles. The Morgan fingerprint density at radius 1 is 1.19 bits per heavy atom. The average Bonchev–Trinajstić information content (AvgIpc) is 2.93. The number of carbonyl (C=O) groups is 1. The SMILES string of the molecule is COc1c(C(=O)C2CNc3ccccc32)ccc(C)c1C. The fourth-order valence-electron chi connectivity index (χ4n) is 2.95. The quantitative estimate of drug-likeness (QED) is 0.872. The number of ketones is 1. The first-order valence-corrected chi connectivity index (χ1v) is 7.14. The second kappa shape index (κ2) is 5.24. The van der Waals surface area contributed by atoms with Gasteiger partial charge in [-0.1, -0.05) is 24.3 Å². The van der Waals surface area contributed by atoms with E-state index in [2.05, 4.69) is 5.32 Å². The van der Waals surface area contributed by atoms with Crippen molar-refractivity contribution >= 4 is 11.5 Å². The molecule has 2 aromatic rings. The van der Waals surface area contributed by atoms with Gasteiger partial charge in [-0.25, -0.2) is 0 Å². The molecule has 2 aromatic carbocycles. The van der Waals surface area contributed by atoms with Crippen LogP contribution in [0.15, 0.2) is 36.4 Å². The highest BCUT2D eigenvalue weighted by Crippen LogP contribution is 2.36. The molecule has 3 nitrogen and oxygen atoms in total. The van der Waals surface area contributed by atoms with Gasteiger partial charge in [0, 0.05) is 12.2 Å². The van der Waals surface area contributed by atoms with E-state index in [1.54, 1.807) is 7.11 Å². The Morgan fingerprint density at radius 3 is 2.71 bits per heavy atom. The number of aryl methyl sites for hydroxylation is 1. The fraction of sp³-hybridized carbons (Fsp3) is 0.278. The van der Waals surface area contributed by atoms with E-state index in [4.69, 9.17) is 4.74 Å². The van der Waals surface area contributed by atoms with Gasteiger partial charge in [-0.15, -0.1) is 0 Å². The van der Waals surface area contributed by atoms with Crippen LogP contribution in [0.5, 0.6) is 5.75 Å². The molecule has 0 aromatic heterocycles. The van der Waals surface area contributed by atoms with Gasteiger partial charge in [0.25, 0.3) is 0 Å². The maximum atomic E-state index is 12.9. The first kappa shape index (κ1) is 13.7. The number of rotatable bonds is 3. The van der Waals surface area contributed by atoms with Gasteiger partial charge in [-0.05, 0) is 42.7 Å². The number of fused-ring (bicyclic) bond motifs is 1. The summed E-state index contributed by atoms with van der Waals surface area (Å²) in [6.07, 6.45) is 0. The van der Waals surface area contributed by atoms with Crippen LogP contribution in [-0.4, -0.2) is 19.4 Å². The Hall–Kier alpha value is -2.29. The Balaban J connectivity index is 2.03. The van der Waals surface area contributed by atoms with Gasteiger partial charge in [-0.3, -0.25) is 4.79 Å². The zero-order valence-corrected chi connectivity index (χ0v) is 12.6. The number of benzene rings is 2. The summed E-state index contributed by atoms with van der Waals surface area (Å²) in [6.45, 7) is 4.67. The van der Waals surface area contributed by atoms with Crippen molar-refractivity contribution < 1.29 is 9.53 Å². The van der Waals surface area contributed by atoms with Crippen LogP contribution >= 0.6 is 0 Å². The number of methoxy groups -OCH3 is 1. The summed E-state index contributed by atoms with van der Waals surface area (Å²) in [7, 11) is 1.62. The van der Waals surface area contributed by atoms with E-state index in [1.807, 2.05) is 50.2 Å². The largest absolute Gasteiger partial charge is 0.496 e. The third-order valence-electron chi connectivity index (χ3n) is 4.30. The maximum Gasteiger partial charge on any atom is 0.175 e. The standard InChI is InChI=1S/C18H19NO2/c1-11-8-9-14(18(21-3)12(11)2)17(20)15-10-19-16-7-5-4-6-13(15)16/h4-9,15,19H,10H2,1-3H3. The Labute approximate surface area is 124 Å². The molecule has 3 rings (SSSR count). The molecule has 1 aliphatic heterocycles. The summed E-state index contributed by atoms with van der Waals surface area (Å²) in [5, 5.41) is 3.30. The predicted octanol–water partition coefficient (Wildman–Crippen LogP) is 3.70. The molecule has 0 bridgehead atoms. The predicted molar refractivity (Wildman–Crippen MR) is 84.5 cm³/mol. The van der Waals surface area contributed by atoms with Crippen molar-refractivity contribution in [3.05, 3.63) is 58.7 Å². The lowest BCUT2D eigenvalue weighted by atomic mass is 9.90. The summed E-state index contributed by atoms with van der Waals surface area (Å²) in [5.41, 5.74) is 4.96. The van der Waals surface area contributed by atoms with Crippen LogP contribution in [0.2, 0.25) is 0 Å². The third-order valence-corrected chi connectivity index (χ3v) is 4.30. The molecule has 21 heavy (non-hydrogen) atoms. The lowest BCUT2D eigenvalue weighted by Gasteiger charge is -2.15. The van der Waals surface area contributed by atoms with Gasteiger partial charge < -0.3 is 10.1 Å². The number of carbonyl (C=O) groups excluding carboxylic acids is 1. The monoisotopic (exact) mass is 281 g/mol. The van der Waals surface area contributed by atoms with E-state index in [0.29, 0.717) is 17.9 Å². The number of Topliss-reactive ketones (excluding diaryl/α,β-unsaturated/α-hetero) is 1. The molecule has 1 unspecified atom stereocenters. The van der Waals surface area contributed by atoms with Crippen molar-refractivity contribution in [2.75, 3.05) is 19.0 Å². The van der Waals surface area contributed by atoms with Crippen molar-refractivity contribution in [3.63, 3.8) is 0 Å². The second-order valence-corrected chi connectivity index (χ2v) is 5.47. The van der Waals surface area contributed by atoms with Crippen LogP contribution in [0.1, 0.15) is 33.0 Å². The van der Waals surface area contributed by atoms with Crippen molar-refractivity contribution in [3.8, 4) is 5.75 Å². The minimum absolute atomic E-state index is 0.118. The smallest absolute Gasteiger partial charge is 0.175 e. The molecule has 0 fully saturated rings. The lowest BCUT2D eigenvalue weighted by molar-refractivity contribution is 0.0963. The summed E-state index contributed by atoms with van der Waals surface area (Å²) < 4.78 is 5.48. The van der Waals surface area contributed by atoms with Gasteiger partial charge in [0.2, 0.25) is 0 Å². The Bertz CT molecular complexity index is 706. The molecule has 1 N–H and O–H groups in total. The van der Waals surface area contributed by atoms with Crippen LogP contribution in [0.4, 0.5) is 5.69 Å². The fourth-order valence-corrected chi connectivity index (χ4v) is 2.95. The Kier molecular flexibility index (Phi) is 3.42. The summed E-state index contributed by atoms with van der Waals surface area (Å²) >= 11 is 0. The molecule has 0 saturated carbocycles. The van der Waals surface area contributed by atoms with Crippen LogP contribution in [0.3, 0.4) is 0 Å². The van der Waals surface area contributed by atoms with Gasteiger partial charge >= 0.3 is 0 Å². The van der Waals surface area contributed by atoms with Gasteiger partial charge in [-0.2, -0.15) is 0 Å². The van der Waals surface area contributed by atoms with Crippen molar-refractivity contribution in [1.82, 2.24) is 0 Å². The van der Waals surface area contributed by atoms with Gasteiger partial charge in [0.1, 0.15) is 5.75 Å². The van der Waals surface area contributed by atoms with E-state index < -0.39 is 0 Å². The lowest BCUT2D eigenvalue weighted by Crippen LogP contribution is -2.16. The van der Waals surface area contributed by atoms with Crippen molar-refractivity contribution in [2.45, 2.75) is 19.8 Å². The van der Waals surface area contributed by atoms with E-state index in [-0.39, 0.29) is 11.7 Å². The highest BCUT2D eigenvalue weighted by atomic mass is 16.5. The molecule has 1 aliphatic rings. The van der Waals surface area contributed by atoms with Crippen molar-refractivity contribution in [2.24, 2.45) is 0 Å². The van der Waals surface area contributed by atoms with Gasteiger partial charge in [0.15, 0.2) is 5.78 Å². The Morgan fingerprint density at radius 2 is 1.95 bits per heavy atom. The summed E-state index contributed by atoms with van der Waals surface area (Å²) in [5.74, 6) is 0.675. The molecule has 1 atom stereocenters. The van der Waals surface area contributed by atoms with E-state index in [9.17, 15) is 4.79 Å². The zero-order chi connectivity index (χ0) is 15.0. The van der Waals surface area contributed by atoms with Crippen LogP contribution in [-0.2, 0) is 0 Å². The minimum Gasteiger partial charge on any atom is -0.496 e. The molecule has 0 spiro atoms. The highest BCUT2D eigenvalue weighted by Gasteiger charge is 2.30. The number of hydrogen-bond donors (Lipinski definition) is 1. The summed E-state index contributed by atoms with van der Waals surface area (Å²) in [6, 6.07) is 11.9. The van der Waals surface area contributed by atoms with Crippen LogP contribution in [0, 0.1) is 13.8 Å². The number of nitrogens with one attached hydrogen (secondary N) is 1. The van der Waals surface area contributed by atoms with Gasteiger partial charge in [0.05, 0.1) is 18.6 Å². The first-order valence-electron chi connectivity index (χ1n) is 7.14. The normalized spacial score (nSPS) is 16.2. The molecule has 0 radical (unpaired) electrons. The molecule has 1 heterocycles. The maximum absolute atomic E-state index is 12.9. The number of hydrogen-bond acceptors (Lipinski definition) is 3. The minimum atomic E-state index is -0.141. The van der Waals surface area contributed by atoms with Crippen LogP contribution < -0.4 is 10.1 Å². The summed E-state index contributed by atoms with van der Waals surface area (Å²) in [4.78, 5) is 12.9. The molecule has 108 valence electrons. The number of ether oxygens (including phenoxy) is 1. The van der Waals surface area contributed by atoms with Crippen LogP contribution in [0.25, 0.3) is 0 Å². The van der Waals surface area contributed by atoms with E-state index in [0.717, 1.165) is 22.4 Å². The van der Waals surface area contributed by atoms with Crippen molar-refractivity contribution in [1.29, 1.82) is 0 Å². The zero-order valence-electron chi connectivity index (χ0n) is 12.6. The molecular formula is C18H19NO2. The number of para-hydroxylation sites is 1. The molecule has 0 saturated heterocycles. The molecular weight excluding hydrogens is 262 g/mol. The molecule has 3 heteroatoms.